The molecule has 4 nitrogen and oxygen atoms in total. The molecule has 0 saturated heterocycles. The van der Waals surface area contributed by atoms with E-state index in [1.165, 1.54) is 11.3 Å². The van der Waals surface area contributed by atoms with Crippen molar-refractivity contribution >= 4 is 33.8 Å². The topological polar surface area (TPSA) is 92.9 Å². The summed E-state index contributed by atoms with van der Waals surface area (Å²) in [5, 5.41) is 10.9. The molecule has 0 radical (unpaired) electrons. The van der Waals surface area contributed by atoms with Gasteiger partial charge in [0.2, 0.25) is 0 Å². The van der Waals surface area contributed by atoms with Crippen LogP contribution in [0.3, 0.4) is 0 Å². The molecule has 0 saturated carbocycles. The summed E-state index contributed by atoms with van der Waals surface area (Å²) in [5.41, 5.74) is 13.0. The first-order valence-electron chi connectivity index (χ1n) is 6.84. The van der Waals surface area contributed by atoms with Crippen LogP contribution < -0.4 is 11.5 Å². The molecule has 0 aliphatic heterocycles. The van der Waals surface area contributed by atoms with Gasteiger partial charge in [-0.2, -0.15) is 5.26 Å². The van der Waals surface area contributed by atoms with Crippen LogP contribution in [0.2, 0.25) is 5.02 Å². The molecule has 22 heavy (non-hydrogen) atoms. The number of nitrogen functional groups attached to an aromatic ring is 1. The van der Waals surface area contributed by atoms with Crippen molar-refractivity contribution < 1.29 is 4.79 Å². The van der Waals surface area contributed by atoms with Crippen molar-refractivity contribution in [1.82, 2.24) is 0 Å². The van der Waals surface area contributed by atoms with Crippen LogP contribution in [0.1, 0.15) is 32.8 Å². The Morgan fingerprint density at radius 2 is 2.05 bits per heavy atom. The Hall–Kier alpha value is -2.03. The maximum absolute atomic E-state index is 11.6. The highest BCUT2D eigenvalue weighted by Crippen LogP contribution is 2.44. The van der Waals surface area contributed by atoms with Gasteiger partial charge >= 0.3 is 0 Å². The Bertz CT molecular complexity index is 791. The van der Waals surface area contributed by atoms with Gasteiger partial charge in [-0.25, -0.2) is 0 Å². The molecular formula is C16H14ClN3OS. The summed E-state index contributed by atoms with van der Waals surface area (Å²) in [5.74, 6) is -0.494. The molecule has 3 rings (SSSR count). The van der Waals surface area contributed by atoms with E-state index in [1.54, 1.807) is 12.1 Å². The second-order valence-electron chi connectivity index (χ2n) is 5.48. The van der Waals surface area contributed by atoms with E-state index in [0.717, 1.165) is 16.0 Å². The normalized spacial score (nSPS) is 20.2. The first-order valence-corrected chi connectivity index (χ1v) is 8.03. The molecule has 0 fully saturated rings. The summed E-state index contributed by atoms with van der Waals surface area (Å²) in [6.07, 6.45) is 1.80. The van der Waals surface area contributed by atoms with E-state index < -0.39 is 11.3 Å². The third-order valence-corrected chi connectivity index (χ3v) is 5.55. The zero-order valence-electron chi connectivity index (χ0n) is 11.7. The summed E-state index contributed by atoms with van der Waals surface area (Å²) < 4.78 is 0. The fourth-order valence-corrected chi connectivity index (χ4v) is 4.45. The smallest absolute Gasteiger partial charge is 0.251 e. The second kappa shape index (κ2) is 5.31. The van der Waals surface area contributed by atoms with Crippen LogP contribution in [0.25, 0.3) is 0 Å². The third-order valence-electron chi connectivity index (χ3n) is 4.24. The number of primary amides is 1. The number of anilines is 1. The molecule has 1 aliphatic carbocycles. The quantitative estimate of drug-likeness (QED) is 0.885. The number of amides is 1. The number of hydrogen-bond donors (Lipinski definition) is 2. The number of carbonyl (C=O) groups is 1. The van der Waals surface area contributed by atoms with Gasteiger partial charge in [0.05, 0.1) is 22.0 Å². The van der Waals surface area contributed by atoms with Gasteiger partial charge < -0.3 is 11.5 Å². The van der Waals surface area contributed by atoms with Crippen LogP contribution in [0.15, 0.2) is 24.3 Å². The summed E-state index contributed by atoms with van der Waals surface area (Å²) in [7, 11) is 0. The molecule has 4 N–H and O–H groups in total. The van der Waals surface area contributed by atoms with Crippen LogP contribution in [0.4, 0.5) is 5.00 Å². The van der Waals surface area contributed by atoms with Gasteiger partial charge in [-0.15, -0.1) is 11.3 Å². The van der Waals surface area contributed by atoms with Crippen molar-refractivity contribution in [1.29, 1.82) is 5.26 Å². The minimum absolute atomic E-state index is 0.433. The summed E-state index contributed by atoms with van der Waals surface area (Å²) in [6.45, 7) is 0. The summed E-state index contributed by atoms with van der Waals surface area (Å²) >= 11 is 7.29. The van der Waals surface area contributed by atoms with E-state index in [0.29, 0.717) is 34.8 Å². The van der Waals surface area contributed by atoms with E-state index in [-0.39, 0.29) is 0 Å². The predicted octanol–water partition coefficient (Wildman–Crippen LogP) is 3.03. The lowest BCUT2D eigenvalue weighted by molar-refractivity contribution is 0.100. The molecule has 6 heteroatoms. The van der Waals surface area contributed by atoms with Crippen molar-refractivity contribution in [3.05, 3.63) is 50.9 Å². The maximum atomic E-state index is 11.6. The zero-order chi connectivity index (χ0) is 15.9. The van der Waals surface area contributed by atoms with Crippen molar-refractivity contribution in [2.75, 3.05) is 5.73 Å². The first kappa shape index (κ1) is 14.9. The molecule has 2 aromatic rings. The molecule has 1 amide bonds. The first-order chi connectivity index (χ1) is 10.5. The molecule has 0 spiro atoms. The van der Waals surface area contributed by atoms with Gasteiger partial charge in [-0.05, 0) is 36.1 Å². The molecule has 1 aromatic heterocycles. The Morgan fingerprint density at radius 3 is 2.64 bits per heavy atom. The number of rotatable bonds is 2. The van der Waals surface area contributed by atoms with Crippen molar-refractivity contribution in [2.24, 2.45) is 5.73 Å². The number of hydrogen-bond acceptors (Lipinski definition) is 4. The lowest BCUT2D eigenvalue weighted by Crippen LogP contribution is -2.32. The third kappa shape index (κ3) is 2.25. The number of nitrogens with zero attached hydrogens (tertiary/aromatic N) is 1. The summed E-state index contributed by atoms with van der Waals surface area (Å²) in [6, 6.07) is 9.83. The molecule has 0 bridgehead atoms. The van der Waals surface area contributed by atoms with Crippen LogP contribution in [-0.4, -0.2) is 5.91 Å². The van der Waals surface area contributed by atoms with Crippen LogP contribution in [-0.2, 0) is 18.3 Å². The molecule has 1 aliphatic rings. The highest BCUT2D eigenvalue weighted by Gasteiger charge is 2.39. The molecule has 112 valence electrons. The van der Waals surface area contributed by atoms with E-state index in [2.05, 4.69) is 6.07 Å². The highest BCUT2D eigenvalue weighted by atomic mass is 35.5. The molecular weight excluding hydrogens is 318 g/mol. The van der Waals surface area contributed by atoms with E-state index in [9.17, 15) is 10.1 Å². The SMILES string of the molecule is N#CC1(c2ccc(Cl)cc2)CCc2c(sc(N)c2C(N)=O)C1. The number of fused-ring (bicyclic) bond motifs is 1. The fraction of sp³-hybridized carbons (Fsp3) is 0.250. The number of halogens is 1. The number of nitrogens with two attached hydrogens (primary N) is 2. The Labute approximate surface area is 137 Å². The fourth-order valence-electron chi connectivity index (χ4n) is 3.09. The number of carbonyl (C=O) groups excluding carboxylic acids is 1. The van der Waals surface area contributed by atoms with Gasteiger partial charge in [0.1, 0.15) is 0 Å². The average Bonchev–Trinajstić information content (AvgIpc) is 2.82. The van der Waals surface area contributed by atoms with Gasteiger partial charge in [0.25, 0.3) is 5.91 Å². The number of benzene rings is 1. The Morgan fingerprint density at radius 1 is 1.36 bits per heavy atom. The lowest BCUT2D eigenvalue weighted by atomic mass is 9.70. The van der Waals surface area contributed by atoms with Gasteiger partial charge in [-0.1, -0.05) is 23.7 Å². The van der Waals surface area contributed by atoms with Crippen molar-refractivity contribution in [2.45, 2.75) is 24.7 Å². The number of nitriles is 1. The van der Waals surface area contributed by atoms with E-state index >= 15 is 0 Å². The average molecular weight is 332 g/mol. The zero-order valence-corrected chi connectivity index (χ0v) is 13.3. The highest BCUT2D eigenvalue weighted by molar-refractivity contribution is 7.16. The largest absolute Gasteiger partial charge is 0.390 e. The van der Waals surface area contributed by atoms with Gasteiger partial charge in [0, 0.05) is 16.3 Å². The molecule has 1 aromatic carbocycles. The van der Waals surface area contributed by atoms with Crippen LogP contribution in [0, 0.1) is 11.3 Å². The molecule has 1 heterocycles. The van der Waals surface area contributed by atoms with Gasteiger partial charge in [0.15, 0.2) is 0 Å². The minimum atomic E-state index is -0.607. The maximum Gasteiger partial charge on any atom is 0.251 e. The Kier molecular flexibility index (Phi) is 3.59. The summed E-state index contributed by atoms with van der Waals surface area (Å²) in [4.78, 5) is 12.5. The standard InChI is InChI=1S/C16H14ClN3OS/c17-10-3-1-9(2-4-10)16(8-18)6-5-11-12(7-16)22-15(20)13(11)14(19)21/h1-4H,5-7,20H2,(H2,19,21). The van der Waals surface area contributed by atoms with E-state index in [4.69, 9.17) is 23.1 Å². The second-order valence-corrected chi connectivity index (χ2v) is 7.06. The lowest BCUT2D eigenvalue weighted by Gasteiger charge is -2.31. The van der Waals surface area contributed by atoms with Crippen LogP contribution in [0.5, 0.6) is 0 Å². The Balaban J connectivity index is 2.05. The van der Waals surface area contributed by atoms with E-state index in [1.807, 2.05) is 12.1 Å². The van der Waals surface area contributed by atoms with Crippen molar-refractivity contribution in [3.8, 4) is 6.07 Å². The predicted molar refractivity (Wildman–Crippen MR) is 88.0 cm³/mol. The molecule has 1 atom stereocenters. The monoisotopic (exact) mass is 331 g/mol. The van der Waals surface area contributed by atoms with Crippen molar-refractivity contribution in [3.63, 3.8) is 0 Å². The van der Waals surface area contributed by atoms with Gasteiger partial charge in [-0.3, -0.25) is 4.79 Å². The molecule has 1 unspecified atom stereocenters. The van der Waals surface area contributed by atoms with Crippen LogP contribution >= 0.6 is 22.9 Å². The minimum Gasteiger partial charge on any atom is -0.390 e. The number of thiophene rings is 1.